The summed E-state index contributed by atoms with van der Waals surface area (Å²) in [5.74, 6) is 1.23. The lowest BCUT2D eigenvalue weighted by atomic mass is 10.3. The average Bonchev–Trinajstić information content (AvgIpc) is 2.34. The molecule has 3 N–H and O–H groups in total. The van der Waals surface area contributed by atoms with Crippen molar-refractivity contribution in [2.45, 2.75) is 4.90 Å². The molecule has 1 aromatic rings. The fourth-order valence-electron chi connectivity index (χ4n) is 1.08. The molecular weight excluding hydrogens is 260 g/mol. The Kier molecular flexibility index (Phi) is 8.66. The third-order valence-corrected chi connectivity index (χ3v) is 2.91. The molecular formula is C11H17ClN2O2S. The van der Waals surface area contributed by atoms with E-state index in [0.717, 1.165) is 10.6 Å². The van der Waals surface area contributed by atoms with Gasteiger partial charge in [-0.15, -0.1) is 24.2 Å². The molecule has 0 fully saturated rings. The molecule has 1 rings (SSSR count). The van der Waals surface area contributed by atoms with E-state index in [-0.39, 0.29) is 18.3 Å². The first-order valence-electron chi connectivity index (χ1n) is 5.00. The summed E-state index contributed by atoms with van der Waals surface area (Å²) < 4.78 is 5.05. The van der Waals surface area contributed by atoms with Crippen LogP contribution in [0.15, 0.2) is 29.2 Å². The van der Waals surface area contributed by atoms with E-state index in [0.29, 0.717) is 18.8 Å². The average molecular weight is 277 g/mol. The zero-order valence-electron chi connectivity index (χ0n) is 9.64. The van der Waals surface area contributed by atoms with Crippen LogP contribution < -0.4 is 15.8 Å². The number of benzene rings is 1. The minimum atomic E-state index is 0. The summed E-state index contributed by atoms with van der Waals surface area (Å²) in [5.41, 5.74) is 5.28. The predicted octanol–water partition coefficient (Wildman–Crippen LogP) is 1.28. The summed E-state index contributed by atoms with van der Waals surface area (Å²) in [6.45, 7) is 1.00. The highest BCUT2D eigenvalue weighted by Crippen LogP contribution is 2.20. The number of nitrogens with one attached hydrogen (secondary N) is 1. The third-order valence-electron chi connectivity index (χ3n) is 1.90. The highest BCUT2D eigenvalue weighted by Gasteiger charge is 2.01. The van der Waals surface area contributed by atoms with E-state index in [2.05, 4.69) is 5.32 Å². The van der Waals surface area contributed by atoms with Crippen LogP contribution in [0.5, 0.6) is 5.75 Å². The molecule has 1 aromatic carbocycles. The Morgan fingerprint density at radius 1 is 1.41 bits per heavy atom. The molecule has 0 radical (unpaired) electrons. The van der Waals surface area contributed by atoms with E-state index in [1.54, 1.807) is 7.11 Å². The molecule has 0 aromatic heterocycles. The number of hydrogen-bond acceptors (Lipinski definition) is 4. The van der Waals surface area contributed by atoms with Gasteiger partial charge in [0.1, 0.15) is 5.75 Å². The number of thioether (sulfide) groups is 1. The molecule has 0 aliphatic rings. The van der Waals surface area contributed by atoms with Crippen LogP contribution in [0.25, 0.3) is 0 Å². The smallest absolute Gasteiger partial charge is 0.230 e. The van der Waals surface area contributed by atoms with Gasteiger partial charge in [0, 0.05) is 18.0 Å². The number of hydrogen-bond donors (Lipinski definition) is 2. The van der Waals surface area contributed by atoms with Crippen molar-refractivity contribution in [3.8, 4) is 5.75 Å². The number of halogens is 1. The Hall–Kier alpha value is -0.910. The van der Waals surface area contributed by atoms with Crippen LogP contribution >= 0.6 is 24.2 Å². The van der Waals surface area contributed by atoms with Crippen molar-refractivity contribution in [3.05, 3.63) is 24.3 Å². The summed E-state index contributed by atoms with van der Waals surface area (Å²) in [4.78, 5) is 12.3. The van der Waals surface area contributed by atoms with Crippen molar-refractivity contribution >= 4 is 30.1 Å². The van der Waals surface area contributed by atoms with Crippen LogP contribution in [-0.4, -0.2) is 31.9 Å². The molecule has 0 atom stereocenters. The summed E-state index contributed by atoms with van der Waals surface area (Å²) >= 11 is 1.49. The van der Waals surface area contributed by atoms with E-state index in [9.17, 15) is 4.79 Å². The van der Waals surface area contributed by atoms with Gasteiger partial charge in [-0.05, 0) is 24.3 Å². The van der Waals surface area contributed by atoms with Crippen LogP contribution in [0.2, 0.25) is 0 Å². The predicted molar refractivity (Wildman–Crippen MR) is 73.0 cm³/mol. The van der Waals surface area contributed by atoms with E-state index < -0.39 is 0 Å². The van der Waals surface area contributed by atoms with Gasteiger partial charge < -0.3 is 15.8 Å². The first-order valence-corrected chi connectivity index (χ1v) is 5.98. The largest absolute Gasteiger partial charge is 0.497 e. The van der Waals surface area contributed by atoms with Crippen LogP contribution in [0, 0.1) is 0 Å². The van der Waals surface area contributed by atoms with Gasteiger partial charge in [-0.3, -0.25) is 4.79 Å². The van der Waals surface area contributed by atoms with Gasteiger partial charge in [0.05, 0.1) is 12.9 Å². The molecule has 0 heterocycles. The van der Waals surface area contributed by atoms with Crippen molar-refractivity contribution in [2.24, 2.45) is 5.73 Å². The van der Waals surface area contributed by atoms with Crippen molar-refractivity contribution in [1.29, 1.82) is 0 Å². The lowest BCUT2D eigenvalue weighted by Gasteiger charge is -2.04. The number of methoxy groups -OCH3 is 1. The fourth-order valence-corrected chi connectivity index (χ4v) is 1.81. The maximum atomic E-state index is 11.3. The number of amides is 1. The Morgan fingerprint density at radius 3 is 2.59 bits per heavy atom. The molecule has 0 spiro atoms. The molecule has 0 unspecified atom stereocenters. The van der Waals surface area contributed by atoms with Gasteiger partial charge >= 0.3 is 0 Å². The quantitative estimate of drug-likeness (QED) is 0.769. The second kappa shape index (κ2) is 9.15. The Bertz CT molecular complexity index is 333. The monoisotopic (exact) mass is 276 g/mol. The number of rotatable bonds is 6. The summed E-state index contributed by atoms with van der Waals surface area (Å²) in [6.07, 6.45) is 0. The molecule has 0 saturated heterocycles. The first-order chi connectivity index (χ1) is 7.76. The van der Waals surface area contributed by atoms with Crippen molar-refractivity contribution in [3.63, 3.8) is 0 Å². The minimum absolute atomic E-state index is 0. The Balaban J connectivity index is 0.00000256. The lowest BCUT2D eigenvalue weighted by molar-refractivity contribution is -0.118. The zero-order valence-corrected chi connectivity index (χ0v) is 11.3. The SMILES string of the molecule is COc1ccc(SCC(=O)NCCN)cc1.Cl. The van der Waals surface area contributed by atoms with Crippen LogP contribution in [0.1, 0.15) is 0 Å². The molecule has 0 bridgehead atoms. The van der Waals surface area contributed by atoms with Crippen molar-refractivity contribution < 1.29 is 9.53 Å². The molecule has 17 heavy (non-hydrogen) atoms. The first kappa shape index (κ1) is 16.1. The van der Waals surface area contributed by atoms with Gasteiger partial charge in [0.2, 0.25) is 5.91 Å². The maximum absolute atomic E-state index is 11.3. The van der Waals surface area contributed by atoms with Gasteiger partial charge in [-0.1, -0.05) is 0 Å². The van der Waals surface area contributed by atoms with Crippen LogP contribution in [0.4, 0.5) is 0 Å². The maximum Gasteiger partial charge on any atom is 0.230 e. The Morgan fingerprint density at radius 2 is 2.06 bits per heavy atom. The van der Waals surface area contributed by atoms with E-state index >= 15 is 0 Å². The Labute approximate surface area is 112 Å². The van der Waals surface area contributed by atoms with Crippen molar-refractivity contribution in [2.75, 3.05) is 26.0 Å². The topological polar surface area (TPSA) is 64.3 Å². The second-order valence-corrected chi connectivity index (χ2v) is 4.15. The van der Waals surface area contributed by atoms with Gasteiger partial charge in [-0.25, -0.2) is 0 Å². The van der Waals surface area contributed by atoms with Gasteiger partial charge in [-0.2, -0.15) is 0 Å². The van der Waals surface area contributed by atoms with Gasteiger partial charge in [0.15, 0.2) is 0 Å². The summed E-state index contributed by atoms with van der Waals surface area (Å²) in [7, 11) is 1.63. The molecule has 0 aliphatic heterocycles. The lowest BCUT2D eigenvalue weighted by Crippen LogP contribution is -2.30. The second-order valence-electron chi connectivity index (χ2n) is 3.10. The van der Waals surface area contributed by atoms with Crippen LogP contribution in [0.3, 0.4) is 0 Å². The zero-order chi connectivity index (χ0) is 11.8. The molecule has 0 aliphatic carbocycles. The fraction of sp³-hybridized carbons (Fsp3) is 0.364. The molecule has 1 amide bonds. The number of carbonyl (C=O) groups excluding carboxylic acids is 1. The number of nitrogens with two attached hydrogens (primary N) is 1. The molecule has 4 nitrogen and oxygen atoms in total. The van der Waals surface area contributed by atoms with Crippen molar-refractivity contribution in [1.82, 2.24) is 5.32 Å². The molecule has 96 valence electrons. The van der Waals surface area contributed by atoms with Gasteiger partial charge in [0.25, 0.3) is 0 Å². The molecule has 0 saturated carbocycles. The highest BCUT2D eigenvalue weighted by molar-refractivity contribution is 8.00. The molecule has 6 heteroatoms. The van der Waals surface area contributed by atoms with E-state index in [1.807, 2.05) is 24.3 Å². The third kappa shape index (κ3) is 6.41. The summed E-state index contributed by atoms with van der Waals surface area (Å²) in [5, 5.41) is 2.72. The van der Waals surface area contributed by atoms with E-state index in [4.69, 9.17) is 10.5 Å². The highest BCUT2D eigenvalue weighted by atomic mass is 35.5. The standard InChI is InChI=1S/C11H16N2O2S.ClH/c1-15-9-2-4-10(5-3-9)16-8-11(14)13-7-6-12;/h2-5H,6-8,12H2,1H3,(H,13,14);1H. The minimum Gasteiger partial charge on any atom is -0.497 e. The van der Waals surface area contributed by atoms with E-state index in [1.165, 1.54) is 11.8 Å². The number of ether oxygens (including phenoxy) is 1. The van der Waals surface area contributed by atoms with Crippen LogP contribution in [-0.2, 0) is 4.79 Å². The normalized spacial score (nSPS) is 9.29. The number of carbonyl (C=O) groups is 1. The summed E-state index contributed by atoms with van der Waals surface area (Å²) in [6, 6.07) is 7.61.